The Balaban J connectivity index is 1.82. The Kier molecular flexibility index (Phi) is 5.53. The van der Waals surface area contributed by atoms with Crippen LogP contribution in [0.25, 0.3) is 17.4 Å². The highest BCUT2D eigenvalue weighted by Gasteiger charge is 2.13. The standard InChI is InChI=1S/C20H12ClN3O4/c21-15-4-2-5-16(11-15)23-20(25)14(12-22)10-18-7-8-19(28-18)13-3-1-6-17(9-13)24(26)27/h1-11H,(H,23,25). The zero-order chi connectivity index (χ0) is 20.1. The number of anilines is 1. The number of hydrogen-bond acceptors (Lipinski definition) is 5. The molecule has 28 heavy (non-hydrogen) atoms. The van der Waals surface area contributed by atoms with Crippen LogP contribution in [0.1, 0.15) is 5.76 Å². The fourth-order valence-corrected chi connectivity index (χ4v) is 2.60. The van der Waals surface area contributed by atoms with E-state index in [0.29, 0.717) is 22.0 Å². The summed E-state index contributed by atoms with van der Waals surface area (Å²) in [5.74, 6) is 0.0276. The van der Waals surface area contributed by atoms with Gasteiger partial charge in [-0.25, -0.2) is 0 Å². The van der Waals surface area contributed by atoms with Gasteiger partial charge in [0.15, 0.2) is 0 Å². The molecule has 0 aliphatic carbocycles. The van der Waals surface area contributed by atoms with Gasteiger partial charge in [0.2, 0.25) is 0 Å². The average Bonchev–Trinajstić information content (AvgIpc) is 3.15. The van der Waals surface area contributed by atoms with Crippen molar-refractivity contribution in [2.45, 2.75) is 0 Å². The Labute approximate surface area is 164 Å². The number of nitrogens with one attached hydrogen (secondary N) is 1. The van der Waals surface area contributed by atoms with Crippen LogP contribution in [-0.4, -0.2) is 10.8 Å². The van der Waals surface area contributed by atoms with Gasteiger partial charge in [-0.2, -0.15) is 5.26 Å². The number of carbonyl (C=O) groups is 1. The Morgan fingerprint density at radius 3 is 2.68 bits per heavy atom. The maximum Gasteiger partial charge on any atom is 0.270 e. The summed E-state index contributed by atoms with van der Waals surface area (Å²) in [5.41, 5.74) is 0.732. The van der Waals surface area contributed by atoms with Crippen molar-refractivity contribution in [2.75, 3.05) is 5.32 Å². The lowest BCUT2D eigenvalue weighted by Gasteiger charge is -2.04. The van der Waals surface area contributed by atoms with Crippen LogP contribution in [0, 0.1) is 21.4 Å². The van der Waals surface area contributed by atoms with Crippen molar-refractivity contribution in [2.24, 2.45) is 0 Å². The Morgan fingerprint density at radius 1 is 1.18 bits per heavy atom. The first-order valence-corrected chi connectivity index (χ1v) is 8.37. The van der Waals surface area contributed by atoms with Crippen molar-refractivity contribution in [3.63, 3.8) is 0 Å². The van der Waals surface area contributed by atoms with E-state index in [4.69, 9.17) is 16.0 Å². The molecule has 3 rings (SSSR count). The molecule has 2 aromatic carbocycles. The van der Waals surface area contributed by atoms with E-state index in [-0.39, 0.29) is 17.0 Å². The fourth-order valence-electron chi connectivity index (χ4n) is 2.41. The quantitative estimate of drug-likeness (QED) is 0.282. The second-order valence-electron chi connectivity index (χ2n) is 5.64. The molecule has 0 bridgehead atoms. The predicted molar refractivity (Wildman–Crippen MR) is 104 cm³/mol. The minimum atomic E-state index is -0.613. The molecule has 0 atom stereocenters. The summed E-state index contributed by atoms with van der Waals surface area (Å²) in [7, 11) is 0. The van der Waals surface area contributed by atoms with Gasteiger partial charge in [-0.05, 0) is 30.3 Å². The highest BCUT2D eigenvalue weighted by atomic mass is 35.5. The van der Waals surface area contributed by atoms with Crippen molar-refractivity contribution in [3.8, 4) is 17.4 Å². The zero-order valence-electron chi connectivity index (χ0n) is 14.3. The van der Waals surface area contributed by atoms with Crippen LogP contribution >= 0.6 is 11.6 Å². The number of non-ortho nitro benzene ring substituents is 1. The van der Waals surface area contributed by atoms with E-state index in [1.54, 1.807) is 48.5 Å². The first kappa shape index (κ1) is 18.9. The molecule has 0 saturated heterocycles. The maximum absolute atomic E-state index is 12.3. The molecule has 1 N–H and O–H groups in total. The number of halogens is 1. The molecule has 7 nitrogen and oxygen atoms in total. The second-order valence-corrected chi connectivity index (χ2v) is 6.08. The molecule has 1 aromatic heterocycles. The van der Waals surface area contributed by atoms with Gasteiger partial charge in [0, 0.05) is 34.5 Å². The first-order chi connectivity index (χ1) is 13.5. The zero-order valence-corrected chi connectivity index (χ0v) is 15.0. The molecule has 1 amide bonds. The summed E-state index contributed by atoms with van der Waals surface area (Å²) in [4.78, 5) is 22.7. The summed E-state index contributed by atoms with van der Waals surface area (Å²) < 4.78 is 5.61. The minimum absolute atomic E-state index is 0.0652. The molecule has 0 radical (unpaired) electrons. The fraction of sp³-hybridized carbons (Fsp3) is 0. The third-order valence-corrected chi connectivity index (χ3v) is 3.94. The lowest BCUT2D eigenvalue weighted by atomic mass is 10.1. The van der Waals surface area contributed by atoms with Gasteiger partial charge in [-0.1, -0.05) is 29.8 Å². The van der Waals surface area contributed by atoms with E-state index in [0.717, 1.165) is 0 Å². The normalized spacial score (nSPS) is 10.9. The van der Waals surface area contributed by atoms with Crippen molar-refractivity contribution in [1.29, 1.82) is 5.26 Å². The summed E-state index contributed by atoms with van der Waals surface area (Å²) in [5, 5.41) is 23.2. The van der Waals surface area contributed by atoms with Crippen LogP contribution in [0.15, 0.2) is 70.7 Å². The molecular formula is C20H12ClN3O4. The van der Waals surface area contributed by atoms with Gasteiger partial charge in [-0.3, -0.25) is 14.9 Å². The van der Waals surface area contributed by atoms with Crippen LogP contribution in [-0.2, 0) is 4.79 Å². The van der Waals surface area contributed by atoms with Crippen LogP contribution in [0.5, 0.6) is 0 Å². The number of nitro groups is 1. The molecule has 138 valence electrons. The SMILES string of the molecule is N#CC(=Cc1ccc(-c2cccc([N+](=O)[O-])c2)o1)C(=O)Nc1cccc(Cl)c1. The molecule has 8 heteroatoms. The van der Waals surface area contributed by atoms with E-state index in [1.165, 1.54) is 18.2 Å². The Morgan fingerprint density at radius 2 is 1.96 bits per heavy atom. The number of benzene rings is 2. The number of nitro benzene ring substituents is 1. The van der Waals surface area contributed by atoms with Crippen molar-refractivity contribution < 1.29 is 14.1 Å². The summed E-state index contributed by atoms with van der Waals surface area (Å²) in [6.07, 6.45) is 1.29. The lowest BCUT2D eigenvalue weighted by Crippen LogP contribution is -2.13. The second kappa shape index (κ2) is 8.20. The van der Waals surface area contributed by atoms with Gasteiger partial charge >= 0.3 is 0 Å². The first-order valence-electron chi connectivity index (χ1n) is 7.99. The third-order valence-electron chi connectivity index (χ3n) is 3.70. The lowest BCUT2D eigenvalue weighted by molar-refractivity contribution is -0.384. The molecule has 0 aliphatic rings. The number of furan rings is 1. The van der Waals surface area contributed by atoms with E-state index >= 15 is 0 Å². The topological polar surface area (TPSA) is 109 Å². The number of nitrogens with zero attached hydrogens (tertiary/aromatic N) is 2. The molecule has 0 unspecified atom stereocenters. The minimum Gasteiger partial charge on any atom is -0.457 e. The molecule has 0 fully saturated rings. The van der Waals surface area contributed by atoms with Crippen molar-refractivity contribution in [3.05, 3.63) is 87.1 Å². The number of carbonyl (C=O) groups excluding carboxylic acids is 1. The summed E-state index contributed by atoms with van der Waals surface area (Å²) in [6, 6.07) is 17.5. The van der Waals surface area contributed by atoms with Crippen LogP contribution < -0.4 is 5.32 Å². The number of nitriles is 1. The van der Waals surface area contributed by atoms with Gasteiger partial charge in [0.1, 0.15) is 23.2 Å². The van der Waals surface area contributed by atoms with Crippen molar-refractivity contribution >= 4 is 35.0 Å². The Bertz CT molecular complexity index is 1130. The molecular weight excluding hydrogens is 382 g/mol. The van der Waals surface area contributed by atoms with Gasteiger partial charge < -0.3 is 9.73 Å². The highest BCUT2D eigenvalue weighted by Crippen LogP contribution is 2.26. The monoisotopic (exact) mass is 393 g/mol. The molecule has 3 aromatic rings. The summed E-state index contributed by atoms with van der Waals surface area (Å²) in [6.45, 7) is 0. The molecule has 0 spiro atoms. The van der Waals surface area contributed by atoms with Crippen molar-refractivity contribution in [1.82, 2.24) is 0 Å². The maximum atomic E-state index is 12.3. The molecule has 1 heterocycles. The number of rotatable bonds is 5. The van der Waals surface area contributed by atoms with Crippen LogP contribution in [0.4, 0.5) is 11.4 Å². The van der Waals surface area contributed by atoms with Gasteiger partial charge in [-0.15, -0.1) is 0 Å². The van der Waals surface area contributed by atoms with Crippen LogP contribution in [0.3, 0.4) is 0 Å². The number of amides is 1. The highest BCUT2D eigenvalue weighted by molar-refractivity contribution is 6.31. The average molecular weight is 394 g/mol. The largest absolute Gasteiger partial charge is 0.457 e. The van der Waals surface area contributed by atoms with Crippen LogP contribution in [0.2, 0.25) is 5.02 Å². The molecule has 0 saturated carbocycles. The van der Waals surface area contributed by atoms with E-state index < -0.39 is 10.8 Å². The number of hydrogen-bond donors (Lipinski definition) is 1. The van der Waals surface area contributed by atoms with Gasteiger partial charge in [0.25, 0.3) is 11.6 Å². The Hall–Kier alpha value is -3.89. The summed E-state index contributed by atoms with van der Waals surface area (Å²) >= 11 is 5.88. The smallest absolute Gasteiger partial charge is 0.270 e. The van der Waals surface area contributed by atoms with E-state index in [9.17, 15) is 20.2 Å². The third kappa shape index (κ3) is 4.44. The predicted octanol–water partition coefficient (Wildman–Crippen LogP) is 5.05. The van der Waals surface area contributed by atoms with E-state index in [1.807, 2.05) is 6.07 Å². The molecule has 0 aliphatic heterocycles. The van der Waals surface area contributed by atoms with E-state index in [2.05, 4.69) is 5.32 Å². The van der Waals surface area contributed by atoms with Gasteiger partial charge in [0.05, 0.1) is 4.92 Å².